The molecule has 0 atom stereocenters. The van der Waals surface area contributed by atoms with Crippen LogP contribution >= 0.6 is 0 Å². The van der Waals surface area contributed by atoms with Gasteiger partial charge in [-0.1, -0.05) is 0 Å². The Kier molecular flexibility index (Phi) is 5.31. The summed E-state index contributed by atoms with van der Waals surface area (Å²) in [5.74, 6) is -0.970. The van der Waals surface area contributed by atoms with Gasteiger partial charge in [0.2, 0.25) is 0 Å². The normalized spacial score (nSPS) is 10.6. The average molecular weight is 256 g/mol. The number of nitro groups is 1. The van der Waals surface area contributed by atoms with Crippen molar-refractivity contribution < 1.29 is 18.9 Å². The van der Waals surface area contributed by atoms with Gasteiger partial charge in [0.15, 0.2) is 5.76 Å². The van der Waals surface area contributed by atoms with E-state index in [0.29, 0.717) is 19.6 Å². The molecule has 7 heteroatoms. The monoisotopic (exact) mass is 256 g/mol. The molecular weight excluding hydrogens is 240 g/mol. The van der Waals surface area contributed by atoms with Crippen LogP contribution in [-0.4, -0.2) is 30.1 Å². The van der Waals surface area contributed by atoms with Crippen molar-refractivity contribution in [2.45, 2.75) is 26.4 Å². The first kappa shape index (κ1) is 14.2. The molecule has 1 amide bonds. The van der Waals surface area contributed by atoms with Crippen LogP contribution in [0.3, 0.4) is 0 Å². The third kappa shape index (κ3) is 4.54. The molecule has 100 valence electrons. The number of hydrogen-bond donors (Lipinski definition) is 1. The highest BCUT2D eigenvalue weighted by Gasteiger charge is 2.16. The number of nitrogens with one attached hydrogen (secondary N) is 1. The van der Waals surface area contributed by atoms with Gasteiger partial charge in [-0.2, -0.15) is 0 Å². The second-order valence-electron chi connectivity index (χ2n) is 3.92. The van der Waals surface area contributed by atoms with Crippen molar-refractivity contribution in [2.75, 3.05) is 13.2 Å². The lowest BCUT2D eigenvalue weighted by Crippen LogP contribution is -2.25. The van der Waals surface area contributed by atoms with Gasteiger partial charge in [-0.05, 0) is 26.3 Å². The lowest BCUT2D eigenvalue weighted by Gasteiger charge is -2.07. The number of nitrogens with zero attached hydrogens (tertiary/aromatic N) is 1. The summed E-state index contributed by atoms with van der Waals surface area (Å²) in [6.45, 7) is 4.84. The standard InChI is InChI=1S/C11H16N2O5/c1-8(2)17-7-3-6-12-11(14)9-4-5-10(18-9)13(15)16/h4-5,8H,3,6-7H2,1-2H3,(H,12,14). The SMILES string of the molecule is CC(C)OCCCNC(=O)c1ccc([N+](=O)[O-])o1. The zero-order valence-electron chi connectivity index (χ0n) is 10.3. The molecule has 1 rings (SSSR count). The topological polar surface area (TPSA) is 94.6 Å². The molecule has 0 bridgehead atoms. The molecule has 0 aliphatic carbocycles. The van der Waals surface area contributed by atoms with E-state index in [0.717, 1.165) is 6.07 Å². The molecule has 0 radical (unpaired) electrons. The molecule has 18 heavy (non-hydrogen) atoms. The van der Waals surface area contributed by atoms with Gasteiger partial charge in [0, 0.05) is 13.2 Å². The van der Waals surface area contributed by atoms with Crippen molar-refractivity contribution in [2.24, 2.45) is 0 Å². The third-order valence-electron chi connectivity index (χ3n) is 2.05. The first-order chi connectivity index (χ1) is 8.50. The number of rotatable bonds is 7. The van der Waals surface area contributed by atoms with Gasteiger partial charge in [0.1, 0.15) is 4.92 Å². The van der Waals surface area contributed by atoms with E-state index in [1.807, 2.05) is 13.8 Å². The van der Waals surface area contributed by atoms with Gasteiger partial charge >= 0.3 is 5.88 Å². The molecule has 0 aliphatic heterocycles. The van der Waals surface area contributed by atoms with Gasteiger partial charge in [0.05, 0.1) is 12.2 Å². The summed E-state index contributed by atoms with van der Waals surface area (Å²) in [6.07, 6.45) is 0.834. The number of amides is 1. The Balaban J connectivity index is 2.30. The predicted octanol–water partition coefficient (Wildman–Crippen LogP) is 1.73. The van der Waals surface area contributed by atoms with E-state index in [-0.39, 0.29) is 11.9 Å². The Hall–Kier alpha value is -1.89. The fourth-order valence-corrected chi connectivity index (χ4v) is 1.23. The predicted molar refractivity (Wildman–Crippen MR) is 63.4 cm³/mol. The molecule has 0 saturated heterocycles. The zero-order valence-corrected chi connectivity index (χ0v) is 10.3. The summed E-state index contributed by atoms with van der Waals surface area (Å²) >= 11 is 0. The van der Waals surface area contributed by atoms with Crippen molar-refractivity contribution in [1.29, 1.82) is 0 Å². The Morgan fingerprint density at radius 1 is 1.56 bits per heavy atom. The molecule has 1 aromatic heterocycles. The van der Waals surface area contributed by atoms with E-state index in [1.54, 1.807) is 0 Å². The molecular formula is C11H16N2O5. The maximum Gasteiger partial charge on any atom is 0.433 e. The summed E-state index contributed by atoms with van der Waals surface area (Å²) in [7, 11) is 0. The van der Waals surface area contributed by atoms with Gasteiger partial charge in [0.25, 0.3) is 5.91 Å². The number of carbonyl (C=O) groups excluding carboxylic acids is 1. The Morgan fingerprint density at radius 2 is 2.28 bits per heavy atom. The third-order valence-corrected chi connectivity index (χ3v) is 2.05. The van der Waals surface area contributed by atoms with Crippen LogP contribution in [0.25, 0.3) is 0 Å². The van der Waals surface area contributed by atoms with Crippen LogP contribution in [0.5, 0.6) is 0 Å². The molecule has 1 aromatic rings. The highest BCUT2D eigenvalue weighted by molar-refractivity contribution is 5.91. The summed E-state index contributed by atoms with van der Waals surface area (Å²) < 4.78 is 10.1. The lowest BCUT2D eigenvalue weighted by molar-refractivity contribution is -0.402. The highest BCUT2D eigenvalue weighted by Crippen LogP contribution is 2.15. The summed E-state index contributed by atoms with van der Waals surface area (Å²) in [6, 6.07) is 2.43. The van der Waals surface area contributed by atoms with Crippen LogP contribution in [0, 0.1) is 10.1 Å². The lowest BCUT2D eigenvalue weighted by atomic mass is 10.4. The van der Waals surface area contributed by atoms with Crippen molar-refractivity contribution in [3.8, 4) is 0 Å². The molecule has 0 unspecified atom stereocenters. The van der Waals surface area contributed by atoms with Gasteiger partial charge in [-0.25, -0.2) is 0 Å². The van der Waals surface area contributed by atoms with Gasteiger partial charge in [-0.3, -0.25) is 14.9 Å². The van der Waals surface area contributed by atoms with E-state index in [1.165, 1.54) is 6.07 Å². The van der Waals surface area contributed by atoms with Crippen LogP contribution in [0.2, 0.25) is 0 Å². The molecule has 1 N–H and O–H groups in total. The minimum absolute atomic E-state index is 0.0634. The van der Waals surface area contributed by atoms with Crippen molar-refractivity contribution in [3.05, 3.63) is 28.0 Å². The van der Waals surface area contributed by atoms with Crippen LogP contribution in [-0.2, 0) is 4.74 Å². The maximum atomic E-state index is 11.5. The van der Waals surface area contributed by atoms with Crippen molar-refractivity contribution in [1.82, 2.24) is 5.32 Å². The Bertz CT molecular complexity index is 413. The van der Waals surface area contributed by atoms with E-state index in [9.17, 15) is 14.9 Å². The second-order valence-corrected chi connectivity index (χ2v) is 3.92. The maximum absolute atomic E-state index is 11.5. The fourth-order valence-electron chi connectivity index (χ4n) is 1.23. The highest BCUT2D eigenvalue weighted by atomic mass is 16.6. The Morgan fingerprint density at radius 3 is 2.83 bits per heavy atom. The largest absolute Gasteiger partial charge is 0.433 e. The van der Waals surface area contributed by atoms with E-state index < -0.39 is 16.7 Å². The summed E-state index contributed by atoms with van der Waals surface area (Å²) in [5.41, 5.74) is 0. The quantitative estimate of drug-likeness (QED) is 0.455. The van der Waals surface area contributed by atoms with E-state index in [2.05, 4.69) is 5.32 Å². The van der Waals surface area contributed by atoms with E-state index >= 15 is 0 Å². The van der Waals surface area contributed by atoms with Crippen molar-refractivity contribution in [3.63, 3.8) is 0 Å². The first-order valence-electron chi connectivity index (χ1n) is 5.64. The van der Waals surface area contributed by atoms with Crippen LogP contribution < -0.4 is 5.32 Å². The summed E-state index contributed by atoms with van der Waals surface area (Å²) in [4.78, 5) is 21.2. The summed E-state index contributed by atoms with van der Waals surface area (Å²) in [5, 5.41) is 13.0. The molecule has 1 heterocycles. The van der Waals surface area contributed by atoms with Crippen molar-refractivity contribution >= 4 is 11.8 Å². The number of hydrogen-bond acceptors (Lipinski definition) is 5. The van der Waals surface area contributed by atoms with E-state index in [4.69, 9.17) is 9.15 Å². The zero-order chi connectivity index (χ0) is 13.5. The number of ether oxygens (including phenoxy) is 1. The molecule has 0 spiro atoms. The number of furan rings is 1. The minimum Gasteiger partial charge on any atom is -0.395 e. The second kappa shape index (κ2) is 6.75. The molecule has 7 nitrogen and oxygen atoms in total. The first-order valence-corrected chi connectivity index (χ1v) is 5.64. The van der Waals surface area contributed by atoms with Crippen LogP contribution in [0.15, 0.2) is 16.5 Å². The molecule has 0 saturated carbocycles. The van der Waals surface area contributed by atoms with Gasteiger partial charge < -0.3 is 14.5 Å². The number of carbonyl (C=O) groups is 1. The Labute approximate surface area is 104 Å². The molecule has 0 aromatic carbocycles. The molecule has 0 fully saturated rings. The van der Waals surface area contributed by atoms with Gasteiger partial charge in [-0.15, -0.1) is 0 Å². The van der Waals surface area contributed by atoms with Crippen LogP contribution in [0.1, 0.15) is 30.8 Å². The molecule has 0 aliphatic rings. The van der Waals surface area contributed by atoms with Crippen LogP contribution in [0.4, 0.5) is 5.88 Å². The minimum atomic E-state index is -0.687. The average Bonchev–Trinajstić information content (AvgIpc) is 2.77. The fraction of sp³-hybridized carbons (Fsp3) is 0.545. The smallest absolute Gasteiger partial charge is 0.395 e.